The summed E-state index contributed by atoms with van der Waals surface area (Å²) in [4.78, 5) is 41.8. The Morgan fingerprint density at radius 2 is 0.747 bits per heavy atom. The highest BCUT2D eigenvalue weighted by Gasteiger charge is 2.56. The number of benzene rings is 7. The lowest BCUT2D eigenvalue weighted by molar-refractivity contribution is -0.366. The molecule has 386 valence electrons. The van der Waals surface area contributed by atoms with Crippen LogP contribution in [0.3, 0.4) is 0 Å². The molecule has 2 heterocycles. The Morgan fingerprint density at radius 1 is 0.373 bits per heavy atom. The molecule has 14 heteroatoms. The highest BCUT2D eigenvalue weighted by atomic mass is 16.8. The molecule has 2 fully saturated rings. The fourth-order valence-electron chi connectivity index (χ4n) is 8.81. The number of hydrogen-bond donors (Lipinski definition) is 1. The summed E-state index contributed by atoms with van der Waals surface area (Å²) in [5, 5.41) is 11.9. The predicted molar refractivity (Wildman–Crippen MR) is 274 cm³/mol. The number of hydrogen-bond acceptors (Lipinski definition) is 14. The summed E-state index contributed by atoms with van der Waals surface area (Å²) in [7, 11) is 0. The Bertz CT molecular complexity index is 2810. The summed E-state index contributed by atoms with van der Waals surface area (Å²) >= 11 is 0. The Hall–Kier alpha value is -7.37. The molecule has 0 spiro atoms. The van der Waals surface area contributed by atoms with Crippen molar-refractivity contribution in [2.75, 3.05) is 13.2 Å². The van der Waals surface area contributed by atoms with Gasteiger partial charge in [0.2, 0.25) is 0 Å². The molecular weight excluding hydrogens is 957 g/mol. The lowest BCUT2D eigenvalue weighted by atomic mass is 9.95. The standard InChI is InChI=1S/C61H58O14/c62-57(46-30-16-5-17-31-46)70-41-50-52(54(73-58(63)47-32-18-6-19-33-47)55(60(65)71-50)74-59(64)48-34-20-7-21-35-48)75-61-56(69-39-45-28-14-4-15-29-45)53(68-38-44-26-12-3-13-27-44)51(67-37-43-24-10-2-11-25-43)49(72-61)40-66-36-42-22-8-1-9-23-42/h1-35,49-56,60-61,65H,36-41H2/t49-,50-,51+,52-,53+,54+,55-,56-,60+,61-/m1/s1. The molecule has 7 aromatic rings. The van der Waals surface area contributed by atoms with Gasteiger partial charge in [0.15, 0.2) is 24.8 Å². The molecule has 2 aliphatic rings. The lowest BCUT2D eigenvalue weighted by Gasteiger charge is -2.49. The quantitative estimate of drug-likeness (QED) is 0.0505. The molecule has 1 N–H and O–H groups in total. The molecule has 2 saturated heterocycles. The van der Waals surface area contributed by atoms with Gasteiger partial charge in [-0.3, -0.25) is 0 Å². The van der Waals surface area contributed by atoms with Crippen molar-refractivity contribution in [3.05, 3.63) is 251 Å². The van der Waals surface area contributed by atoms with E-state index in [-0.39, 0.29) is 49.7 Å². The van der Waals surface area contributed by atoms with E-state index >= 15 is 0 Å². The molecule has 0 aromatic heterocycles. The van der Waals surface area contributed by atoms with E-state index < -0.39 is 85.9 Å². The third-order valence-electron chi connectivity index (χ3n) is 12.6. The van der Waals surface area contributed by atoms with Gasteiger partial charge in [-0.25, -0.2) is 14.4 Å². The van der Waals surface area contributed by atoms with E-state index in [0.717, 1.165) is 22.3 Å². The van der Waals surface area contributed by atoms with Gasteiger partial charge in [0, 0.05) is 0 Å². The van der Waals surface area contributed by atoms with Crippen LogP contribution in [0.5, 0.6) is 0 Å². The minimum Gasteiger partial charge on any atom is -0.459 e. The molecule has 0 aliphatic carbocycles. The normalized spacial score (nSPS) is 23.4. The van der Waals surface area contributed by atoms with E-state index in [9.17, 15) is 19.5 Å². The van der Waals surface area contributed by atoms with Crippen molar-refractivity contribution in [1.82, 2.24) is 0 Å². The van der Waals surface area contributed by atoms with Crippen LogP contribution in [0.2, 0.25) is 0 Å². The van der Waals surface area contributed by atoms with Crippen LogP contribution in [-0.4, -0.2) is 97.6 Å². The van der Waals surface area contributed by atoms with Crippen molar-refractivity contribution in [2.24, 2.45) is 0 Å². The van der Waals surface area contributed by atoms with Gasteiger partial charge >= 0.3 is 17.9 Å². The highest BCUT2D eigenvalue weighted by Crippen LogP contribution is 2.36. The first-order chi connectivity index (χ1) is 36.9. The minimum atomic E-state index is -1.93. The number of aliphatic hydroxyl groups excluding tert-OH is 1. The number of ether oxygens (including phenoxy) is 10. The molecule has 0 radical (unpaired) electrons. The van der Waals surface area contributed by atoms with Crippen molar-refractivity contribution in [1.29, 1.82) is 0 Å². The molecule has 0 unspecified atom stereocenters. The summed E-state index contributed by atoms with van der Waals surface area (Å²) in [6.45, 7) is 0.0288. The number of rotatable bonds is 22. The van der Waals surface area contributed by atoms with Gasteiger partial charge in [0.05, 0.1) is 49.7 Å². The van der Waals surface area contributed by atoms with Gasteiger partial charge in [-0.15, -0.1) is 0 Å². The maximum atomic E-state index is 14.3. The summed E-state index contributed by atoms with van der Waals surface area (Å²) < 4.78 is 65.8. The van der Waals surface area contributed by atoms with Crippen LogP contribution in [-0.2, 0) is 73.8 Å². The first-order valence-electron chi connectivity index (χ1n) is 24.8. The third kappa shape index (κ3) is 14.5. The van der Waals surface area contributed by atoms with Gasteiger partial charge in [0.1, 0.15) is 43.2 Å². The summed E-state index contributed by atoms with van der Waals surface area (Å²) in [5.74, 6) is -2.39. The van der Waals surface area contributed by atoms with Gasteiger partial charge in [0.25, 0.3) is 0 Å². The average molecular weight is 1020 g/mol. The van der Waals surface area contributed by atoms with Crippen LogP contribution in [0.4, 0.5) is 0 Å². The van der Waals surface area contributed by atoms with Gasteiger partial charge in [-0.2, -0.15) is 0 Å². The molecule has 14 nitrogen and oxygen atoms in total. The highest BCUT2D eigenvalue weighted by molar-refractivity contribution is 5.90. The molecule has 7 aromatic carbocycles. The SMILES string of the molecule is O=C(OC[C@H]1O[C@H](O)[C@H](OC(=O)c2ccccc2)[C@@H](OC(=O)c2ccccc2)[C@@H]1O[C@H]1O[C@H](COCc2ccccc2)[C@H](OCc2ccccc2)[C@H](OCc2ccccc2)[C@H]1OCc1ccccc1)c1ccccc1. The number of carbonyl (C=O) groups excluding carboxylic acids is 3. The molecular formula is C61H58O14. The molecule has 75 heavy (non-hydrogen) atoms. The maximum Gasteiger partial charge on any atom is 0.338 e. The average Bonchev–Trinajstić information content (AvgIpc) is 3.46. The third-order valence-corrected chi connectivity index (χ3v) is 12.6. The van der Waals surface area contributed by atoms with Crippen LogP contribution in [0.15, 0.2) is 212 Å². The number of aliphatic hydroxyl groups is 1. The van der Waals surface area contributed by atoms with E-state index in [4.69, 9.17) is 47.4 Å². The van der Waals surface area contributed by atoms with Crippen LogP contribution in [0.1, 0.15) is 53.3 Å². The fraction of sp³-hybridized carbons (Fsp3) is 0.262. The second-order valence-electron chi connectivity index (χ2n) is 17.9. The zero-order valence-electron chi connectivity index (χ0n) is 41.0. The minimum absolute atomic E-state index is 0.0213. The van der Waals surface area contributed by atoms with E-state index in [2.05, 4.69) is 0 Å². The Kier molecular flexibility index (Phi) is 18.7. The molecule has 9 rings (SSSR count). The largest absolute Gasteiger partial charge is 0.459 e. The fourth-order valence-corrected chi connectivity index (χ4v) is 8.81. The van der Waals surface area contributed by atoms with E-state index in [0.29, 0.717) is 0 Å². The smallest absolute Gasteiger partial charge is 0.338 e. The number of esters is 3. The Balaban J connectivity index is 1.13. The van der Waals surface area contributed by atoms with Crippen molar-refractivity contribution >= 4 is 17.9 Å². The summed E-state index contributed by atoms with van der Waals surface area (Å²) in [5.41, 5.74) is 4.06. The Labute approximate surface area is 435 Å². The molecule has 2 aliphatic heterocycles. The molecule has 0 amide bonds. The summed E-state index contributed by atoms with van der Waals surface area (Å²) in [6.07, 6.45) is -13.5. The van der Waals surface area contributed by atoms with Crippen molar-refractivity contribution in [3.63, 3.8) is 0 Å². The number of carbonyl (C=O) groups is 3. The van der Waals surface area contributed by atoms with Gasteiger partial charge in [-0.05, 0) is 58.7 Å². The second kappa shape index (κ2) is 26.7. The van der Waals surface area contributed by atoms with E-state index in [1.165, 1.54) is 0 Å². The first kappa shape index (κ1) is 52.5. The molecule has 10 atom stereocenters. The summed E-state index contributed by atoms with van der Waals surface area (Å²) in [6, 6.07) is 63.2. The first-order valence-corrected chi connectivity index (χ1v) is 24.8. The Morgan fingerprint density at radius 3 is 1.21 bits per heavy atom. The van der Waals surface area contributed by atoms with Gasteiger partial charge < -0.3 is 52.5 Å². The van der Waals surface area contributed by atoms with Crippen LogP contribution >= 0.6 is 0 Å². The topological polar surface area (TPSA) is 164 Å². The van der Waals surface area contributed by atoms with Crippen LogP contribution < -0.4 is 0 Å². The molecule has 0 saturated carbocycles. The van der Waals surface area contributed by atoms with Gasteiger partial charge in [-0.1, -0.05) is 176 Å². The van der Waals surface area contributed by atoms with Crippen LogP contribution in [0.25, 0.3) is 0 Å². The van der Waals surface area contributed by atoms with Crippen molar-refractivity contribution in [2.45, 2.75) is 87.8 Å². The van der Waals surface area contributed by atoms with Crippen molar-refractivity contribution < 1.29 is 66.9 Å². The monoisotopic (exact) mass is 1010 g/mol. The predicted octanol–water partition coefficient (Wildman–Crippen LogP) is 9.09. The second-order valence-corrected chi connectivity index (χ2v) is 17.9. The van der Waals surface area contributed by atoms with Crippen LogP contribution in [0, 0.1) is 0 Å². The van der Waals surface area contributed by atoms with E-state index in [1.54, 1.807) is 91.0 Å². The maximum absolute atomic E-state index is 14.3. The zero-order valence-corrected chi connectivity index (χ0v) is 41.0. The van der Waals surface area contributed by atoms with Crippen molar-refractivity contribution in [3.8, 4) is 0 Å². The zero-order chi connectivity index (χ0) is 51.6. The lowest BCUT2D eigenvalue weighted by Crippen LogP contribution is -2.66. The van der Waals surface area contributed by atoms with E-state index in [1.807, 2.05) is 121 Å². The molecule has 0 bridgehead atoms.